The summed E-state index contributed by atoms with van der Waals surface area (Å²) >= 11 is 3.30. The van der Waals surface area contributed by atoms with E-state index in [9.17, 15) is 8.42 Å². The maximum atomic E-state index is 12.2. The lowest BCUT2D eigenvalue weighted by Crippen LogP contribution is -2.41. The summed E-state index contributed by atoms with van der Waals surface area (Å²) < 4.78 is 25.4. The SMILES string of the molecule is CCCCN(C)C(=NC)NCCS(=O)(=O)c1ccc(Br)cc1.I. The Labute approximate surface area is 165 Å². The number of rotatable bonds is 7. The van der Waals surface area contributed by atoms with Crippen molar-refractivity contribution in [1.82, 2.24) is 10.2 Å². The van der Waals surface area contributed by atoms with Gasteiger partial charge in [-0.25, -0.2) is 8.42 Å². The molecule has 0 heterocycles. The molecule has 0 fully saturated rings. The maximum absolute atomic E-state index is 12.2. The van der Waals surface area contributed by atoms with Crippen LogP contribution in [0.5, 0.6) is 0 Å². The Balaban J connectivity index is 0.00000484. The summed E-state index contributed by atoms with van der Waals surface area (Å²) in [6.45, 7) is 3.37. The normalized spacial score (nSPS) is 11.7. The average Bonchev–Trinajstić information content (AvgIpc) is 2.49. The van der Waals surface area contributed by atoms with Gasteiger partial charge < -0.3 is 10.2 Å². The van der Waals surface area contributed by atoms with E-state index in [4.69, 9.17) is 0 Å². The number of hydrogen-bond acceptors (Lipinski definition) is 3. The molecule has 0 amide bonds. The molecule has 0 aliphatic heterocycles. The molecule has 0 bridgehead atoms. The van der Waals surface area contributed by atoms with Crippen molar-refractivity contribution in [1.29, 1.82) is 0 Å². The fourth-order valence-electron chi connectivity index (χ4n) is 1.94. The summed E-state index contributed by atoms with van der Waals surface area (Å²) in [6, 6.07) is 6.69. The van der Waals surface area contributed by atoms with E-state index in [1.54, 1.807) is 31.3 Å². The van der Waals surface area contributed by atoms with Gasteiger partial charge in [0.2, 0.25) is 0 Å². The lowest BCUT2D eigenvalue weighted by Gasteiger charge is -2.21. The van der Waals surface area contributed by atoms with Gasteiger partial charge in [0.1, 0.15) is 0 Å². The zero-order valence-corrected chi connectivity index (χ0v) is 18.5. The van der Waals surface area contributed by atoms with Crippen LogP contribution in [-0.4, -0.2) is 52.2 Å². The van der Waals surface area contributed by atoms with Gasteiger partial charge in [-0.3, -0.25) is 4.99 Å². The second-order valence-corrected chi connectivity index (χ2v) is 8.05. The number of benzene rings is 1. The van der Waals surface area contributed by atoms with Crippen molar-refractivity contribution < 1.29 is 8.42 Å². The van der Waals surface area contributed by atoms with E-state index in [1.807, 2.05) is 11.9 Å². The lowest BCUT2D eigenvalue weighted by molar-refractivity contribution is 0.466. The van der Waals surface area contributed by atoms with Gasteiger partial charge in [0.05, 0.1) is 10.6 Å². The Bertz CT molecular complexity index is 591. The molecule has 0 radical (unpaired) electrons. The van der Waals surface area contributed by atoms with Crippen molar-refractivity contribution in [3.05, 3.63) is 28.7 Å². The largest absolute Gasteiger partial charge is 0.355 e. The van der Waals surface area contributed by atoms with Gasteiger partial charge in [-0.05, 0) is 30.7 Å². The Morgan fingerprint density at radius 3 is 2.43 bits per heavy atom. The fraction of sp³-hybridized carbons (Fsp3) is 0.533. The van der Waals surface area contributed by atoms with Crippen LogP contribution in [0.4, 0.5) is 0 Å². The number of nitrogens with one attached hydrogen (secondary N) is 1. The molecular formula is C15H25BrIN3O2S. The molecule has 1 N–H and O–H groups in total. The minimum atomic E-state index is -3.28. The molecule has 0 aromatic heterocycles. The van der Waals surface area contributed by atoms with Crippen LogP contribution < -0.4 is 5.32 Å². The molecule has 1 aromatic rings. The zero-order valence-electron chi connectivity index (χ0n) is 13.8. The Morgan fingerprint density at radius 1 is 1.30 bits per heavy atom. The van der Waals surface area contributed by atoms with Crippen molar-refractivity contribution in [2.45, 2.75) is 24.7 Å². The van der Waals surface area contributed by atoms with Crippen LogP contribution in [0.3, 0.4) is 0 Å². The molecule has 8 heteroatoms. The second kappa shape index (κ2) is 11.2. The predicted octanol–water partition coefficient (Wildman–Crippen LogP) is 3.15. The summed E-state index contributed by atoms with van der Waals surface area (Å²) in [5, 5.41) is 3.10. The monoisotopic (exact) mass is 517 g/mol. The molecule has 0 aliphatic rings. The van der Waals surface area contributed by atoms with Crippen LogP contribution in [0.2, 0.25) is 0 Å². The van der Waals surface area contributed by atoms with Crippen LogP contribution >= 0.6 is 39.9 Å². The minimum Gasteiger partial charge on any atom is -0.355 e. The van der Waals surface area contributed by atoms with E-state index < -0.39 is 9.84 Å². The van der Waals surface area contributed by atoms with E-state index >= 15 is 0 Å². The molecule has 0 atom stereocenters. The number of nitrogens with zero attached hydrogens (tertiary/aromatic N) is 2. The number of hydrogen-bond donors (Lipinski definition) is 1. The number of unbranched alkanes of at least 4 members (excludes halogenated alkanes) is 1. The quantitative estimate of drug-likeness (QED) is 0.343. The number of aliphatic imine (C=N–C) groups is 1. The van der Waals surface area contributed by atoms with Gasteiger partial charge >= 0.3 is 0 Å². The van der Waals surface area contributed by atoms with Gasteiger partial charge in [-0.2, -0.15) is 0 Å². The van der Waals surface area contributed by atoms with E-state index in [2.05, 4.69) is 33.2 Å². The van der Waals surface area contributed by atoms with Crippen LogP contribution in [0.25, 0.3) is 0 Å². The first kappa shape index (κ1) is 22.6. The smallest absolute Gasteiger partial charge is 0.193 e. The van der Waals surface area contributed by atoms with Gasteiger partial charge in [0.25, 0.3) is 0 Å². The minimum absolute atomic E-state index is 0. The predicted molar refractivity (Wildman–Crippen MR) is 111 cm³/mol. The first-order valence-corrected chi connectivity index (χ1v) is 9.75. The molecule has 0 saturated carbocycles. The second-order valence-electron chi connectivity index (χ2n) is 5.02. The van der Waals surface area contributed by atoms with Gasteiger partial charge in [-0.15, -0.1) is 24.0 Å². The third-order valence-corrected chi connectivity index (χ3v) is 5.51. The van der Waals surface area contributed by atoms with Gasteiger partial charge in [-0.1, -0.05) is 29.3 Å². The third kappa shape index (κ3) is 7.84. The average molecular weight is 518 g/mol. The lowest BCUT2D eigenvalue weighted by atomic mass is 10.3. The molecule has 0 unspecified atom stereocenters. The highest BCUT2D eigenvalue weighted by Gasteiger charge is 2.14. The number of halogens is 2. The standard InChI is InChI=1S/C15H24BrN3O2S.HI/c1-4-5-11-19(3)15(17-2)18-10-12-22(20,21)14-8-6-13(16)7-9-14;/h6-9H,4-5,10-12H2,1-3H3,(H,17,18);1H. The number of sulfone groups is 1. The zero-order chi connectivity index (χ0) is 16.6. The van der Waals surface area contributed by atoms with Crippen molar-refractivity contribution in [2.24, 2.45) is 4.99 Å². The summed E-state index contributed by atoms with van der Waals surface area (Å²) in [6.07, 6.45) is 2.19. The molecule has 132 valence electrons. The molecule has 23 heavy (non-hydrogen) atoms. The fourth-order valence-corrected chi connectivity index (χ4v) is 3.36. The third-order valence-electron chi connectivity index (χ3n) is 3.25. The van der Waals surface area contributed by atoms with Crippen molar-refractivity contribution in [3.63, 3.8) is 0 Å². The molecule has 0 aliphatic carbocycles. The van der Waals surface area contributed by atoms with Crippen molar-refractivity contribution >= 4 is 55.7 Å². The summed E-state index contributed by atoms with van der Waals surface area (Å²) in [4.78, 5) is 6.52. The summed E-state index contributed by atoms with van der Waals surface area (Å²) in [7, 11) is 0.375. The number of guanidine groups is 1. The van der Waals surface area contributed by atoms with Gasteiger partial charge in [0, 0.05) is 31.7 Å². The van der Waals surface area contributed by atoms with E-state index in [0.29, 0.717) is 11.4 Å². The molecule has 1 rings (SSSR count). The van der Waals surface area contributed by atoms with E-state index in [0.717, 1.165) is 29.8 Å². The van der Waals surface area contributed by atoms with Crippen LogP contribution in [0.15, 0.2) is 38.6 Å². The first-order chi connectivity index (χ1) is 10.4. The molecule has 1 aromatic carbocycles. The van der Waals surface area contributed by atoms with Crippen LogP contribution in [-0.2, 0) is 9.84 Å². The Hall–Kier alpha value is -0.350. The van der Waals surface area contributed by atoms with E-state index in [1.165, 1.54) is 0 Å². The van der Waals surface area contributed by atoms with Gasteiger partial charge in [0.15, 0.2) is 15.8 Å². The molecular weight excluding hydrogens is 493 g/mol. The topological polar surface area (TPSA) is 61.8 Å². The first-order valence-electron chi connectivity index (χ1n) is 7.31. The van der Waals surface area contributed by atoms with Crippen molar-refractivity contribution in [2.75, 3.05) is 32.9 Å². The van der Waals surface area contributed by atoms with Crippen molar-refractivity contribution in [3.8, 4) is 0 Å². The van der Waals surface area contributed by atoms with E-state index in [-0.39, 0.29) is 29.7 Å². The summed E-state index contributed by atoms with van der Waals surface area (Å²) in [5.74, 6) is 0.759. The maximum Gasteiger partial charge on any atom is 0.193 e. The summed E-state index contributed by atoms with van der Waals surface area (Å²) in [5.41, 5.74) is 0. The molecule has 5 nitrogen and oxygen atoms in total. The Kier molecular flexibility index (Phi) is 11.1. The highest BCUT2D eigenvalue weighted by Crippen LogP contribution is 2.15. The van der Waals surface area contributed by atoms with Crippen LogP contribution in [0.1, 0.15) is 19.8 Å². The molecule has 0 saturated heterocycles. The highest BCUT2D eigenvalue weighted by atomic mass is 127. The Morgan fingerprint density at radius 2 is 1.91 bits per heavy atom. The molecule has 0 spiro atoms. The highest BCUT2D eigenvalue weighted by molar-refractivity contribution is 14.0. The van der Waals surface area contributed by atoms with Crippen LogP contribution in [0, 0.1) is 0 Å².